The summed E-state index contributed by atoms with van der Waals surface area (Å²) in [5.41, 5.74) is 7.85. The van der Waals surface area contributed by atoms with E-state index in [4.69, 9.17) is 15.2 Å². The van der Waals surface area contributed by atoms with E-state index in [1.165, 1.54) is 11.8 Å². The predicted molar refractivity (Wildman–Crippen MR) is 101 cm³/mol. The molecule has 3 aromatic rings. The predicted octanol–water partition coefficient (Wildman–Crippen LogP) is 1.84. The largest absolute Gasteiger partial charge is 0.497 e. The van der Waals surface area contributed by atoms with Gasteiger partial charge in [0, 0.05) is 12.6 Å². The van der Waals surface area contributed by atoms with Crippen LogP contribution < -0.4 is 20.5 Å². The Labute approximate surface area is 156 Å². The van der Waals surface area contributed by atoms with Crippen LogP contribution in [0.5, 0.6) is 11.5 Å². The van der Waals surface area contributed by atoms with Gasteiger partial charge in [-0.2, -0.15) is 4.68 Å². The first kappa shape index (κ1) is 18.2. The molecule has 0 aliphatic rings. The molecule has 8 nitrogen and oxygen atoms in total. The Morgan fingerprint density at radius 1 is 1.15 bits per heavy atom. The molecule has 1 amide bonds. The van der Waals surface area contributed by atoms with Crippen molar-refractivity contribution < 1.29 is 14.3 Å². The molecule has 0 saturated heterocycles. The van der Waals surface area contributed by atoms with E-state index in [0.29, 0.717) is 30.2 Å². The van der Waals surface area contributed by atoms with Gasteiger partial charge >= 0.3 is 0 Å². The Bertz CT molecular complexity index is 924. The summed E-state index contributed by atoms with van der Waals surface area (Å²) in [5.74, 6) is 0.883. The Morgan fingerprint density at radius 3 is 2.63 bits per heavy atom. The van der Waals surface area contributed by atoms with Gasteiger partial charge in [0.05, 0.1) is 14.2 Å². The normalized spacial score (nSPS) is 10.4. The van der Waals surface area contributed by atoms with Crippen LogP contribution in [0.15, 0.2) is 48.5 Å². The fourth-order valence-electron chi connectivity index (χ4n) is 2.64. The lowest BCUT2D eigenvalue weighted by atomic mass is 10.1. The van der Waals surface area contributed by atoms with Crippen molar-refractivity contribution in [2.24, 2.45) is 0 Å². The maximum absolute atomic E-state index is 12.4. The zero-order chi connectivity index (χ0) is 19.2. The third-order valence-electron chi connectivity index (χ3n) is 4.08. The monoisotopic (exact) mass is 367 g/mol. The third kappa shape index (κ3) is 4.00. The fourth-order valence-corrected chi connectivity index (χ4v) is 2.64. The lowest BCUT2D eigenvalue weighted by Gasteiger charge is -2.11. The first-order valence-electron chi connectivity index (χ1n) is 8.39. The van der Waals surface area contributed by atoms with Crippen LogP contribution in [0.3, 0.4) is 0 Å². The number of aromatic nitrogens is 3. The highest BCUT2D eigenvalue weighted by atomic mass is 16.5. The van der Waals surface area contributed by atoms with E-state index in [-0.39, 0.29) is 17.4 Å². The van der Waals surface area contributed by atoms with E-state index in [0.717, 1.165) is 5.56 Å². The zero-order valence-electron chi connectivity index (χ0n) is 15.2. The number of hydrogen-bond donors (Lipinski definition) is 2. The quantitative estimate of drug-likeness (QED) is 0.660. The zero-order valence-corrected chi connectivity index (χ0v) is 15.2. The van der Waals surface area contributed by atoms with Crippen molar-refractivity contribution in [1.82, 2.24) is 20.3 Å². The number of amides is 1. The number of benzene rings is 2. The van der Waals surface area contributed by atoms with Gasteiger partial charge in [0.2, 0.25) is 0 Å². The third-order valence-corrected chi connectivity index (χ3v) is 4.08. The van der Waals surface area contributed by atoms with Gasteiger partial charge in [0.15, 0.2) is 11.5 Å². The standard InChI is InChI=1S/C19H21N5O3/c1-26-14-8-9-16(27-2)15(12-14)24-18(20)17(22-23-24)19(25)21-11-10-13-6-4-3-5-7-13/h3-9,12H,10-11,20H2,1-2H3,(H,21,25). The second-order valence-corrected chi connectivity index (χ2v) is 5.76. The second kappa shape index (κ2) is 8.22. The van der Waals surface area contributed by atoms with Gasteiger partial charge in [0.1, 0.15) is 17.2 Å². The number of ether oxygens (including phenoxy) is 2. The second-order valence-electron chi connectivity index (χ2n) is 5.76. The van der Waals surface area contributed by atoms with Gasteiger partial charge in [-0.3, -0.25) is 4.79 Å². The average Bonchev–Trinajstić information content (AvgIpc) is 3.09. The van der Waals surface area contributed by atoms with Crippen molar-refractivity contribution in [2.45, 2.75) is 6.42 Å². The molecule has 1 aromatic heterocycles. The summed E-state index contributed by atoms with van der Waals surface area (Å²) >= 11 is 0. The van der Waals surface area contributed by atoms with Crippen LogP contribution in [0, 0.1) is 0 Å². The molecule has 0 atom stereocenters. The van der Waals surface area contributed by atoms with E-state index in [9.17, 15) is 4.79 Å². The molecule has 3 N–H and O–H groups in total. The Hall–Kier alpha value is -3.55. The minimum atomic E-state index is -0.378. The van der Waals surface area contributed by atoms with Gasteiger partial charge in [0.25, 0.3) is 5.91 Å². The summed E-state index contributed by atoms with van der Waals surface area (Å²) in [7, 11) is 3.09. The van der Waals surface area contributed by atoms with Crippen LogP contribution in [0.1, 0.15) is 16.1 Å². The Kier molecular flexibility index (Phi) is 5.55. The number of rotatable bonds is 7. The lowest BCUT2D eigenvalue weighted by Crippen LogP contribution is -2.27. The van der Waals surface area contributed by atoms with Gasteiger partial charge in [-0.25, -0.2) is 0 Å². The van der Waals surface area contributed by atoms with Crippen molar-refractivity contribution in [2.75, 3.05) is 26.5 Å². The summed E-state index contributed by atoms with van der Waals surface area (Å²) in [6.45, 7) is 0.470. The minimum Gasteiger partial charge on any atom is -0.497 e. The molecular formula is C19H21N5O3. The summed E-state index contributed by atoms with van der Waals surface area (Å²) in [6, 6.07) is 15.1. The maximum atomic E-state index is 12.4. The first-order valence-corrected chi connectivity index (χ1v) is 8.39. The summed E-state index contributed by atoms with van der Waals surface area (Å²) < 4.78 is 11.9. The van der Waals surface area contributed by atoms with Gasteiger partial charge < -0.3 is 20.5 Å². The first-order chi connectivity index (χ1) is 13.1. The van der Waals surface area contributed by atoms with E-state index < -0.39 is 0 Å². The van der Waals surface area contributed by atoms with Crippen molar-refractivity contribution in [3.63, 3.8) is 0 Å². The van der Waals surface area contributed by atoms with Gasteiger partial charge in [-0.05, 0) is 24.1 Å². The van der Waals surface area contributed by atoms with Gasteiger partial charge in [-0.15, -0.1) is 5.10 Å². The molecule has 0 unspecified atom stereocenters. The molecule has 0 saturated carbocycles. The van der Waals surface area contributed by atoms with Crippen molar-refractivity contribution >= 4 is 11.7 Å². The number of carbonyl (C=O) groups excluding carboxylic acids is 1. The van der Waals surface area contributed by atoms with E-state index >= 15 is 0 Å². The van der Waals surface area contributed by atoms with E-state index in [1.54, 1.807) is 25.3 Å². The molecule has 0 spiro atoms. The lowest BCUT2D eigenvalue weighted by molar-refractivity contribution is 0.0950. The molecular weight excluding hydrogens is 346 g/mol. The SMILES string of the molecule is COc1ccc(OC)c(-n2nnc(C(=O)NCCc3ccccc3)c2N)c1. The molecule has 0 bridgehead atoms. The summed E-state index contributed by atoms with van der Waals surface area (Å²) in [5, 5.41) is 10.7. The molecule has 3 rings (SSSR count). The highest BCUT2D eigenvalue weighted by Crippen LogP contribution is 2.29. The Morgan fingerprint density at radius 2 is 1.93 bits per heavy atom. The molecule has 0 aliphatic carbocycles. The molecule has 0 radical (unpaired) electrons. The molecule has 27 heavy (non-hydrogen) atoms. The topological polar surface area (TPSA) is 104 Å². The van der Waals surface area contributed by atoms with Crippen molar-refractivity contribution in [3.8, 4) is 17.2 Å². The molecule has 140 valence electrons. The number of nitrogens with zero attached hydrogens (tertiary/aromatic N) is 3. The highest BCUT2D eigenvalue weighted by molar-refractivity contribution is 5.96. The molecule has 0 aliphatic heterocycles. The molecule has 8 heteroatoms. The number of hydrogen-bond acceptors (Lipinski definition) is 6. The van der Waals surface area contributed by atoms with Crippen LogP contribution in [0.25, 0.3) is 5.69 Å². The smallest absolute Gasteiger partial charge is 0.275 e. The minimum absolute atomic E-state index is 0.0629. The van der Waals surface area contributed by atoms with Crippen molar-refractivity contribution in [1.29, 1.82) is 0 Å². The Balaban J connectivity index is 1.76. The molecule has 2 aromatic carbocycles. The number of carbonyl (C=O) groups is 1. The molecule has 1 heterocycles. The number of nitrogens with one attached hydrogen (secondary N) is 1. The van der Waals surface area contributed by atoms with Crippen LogP contribution in [0.4, 0.5) is 5.82 Å². The van der Waals surface area contributed by atoms with E-state index in [1.807, 2.05) is 30.3 Å². The van der Waals surface area contributed by atoms with Crippen LogP contribution in [0.2, 0.25) is 0 Å². The van der Waals surface area contributed by atoms with Crippen molar-refractivity contribution in [3.05, 3.63) is 59.8 Å². The van der Waals surface area contributed by atoms with Crippen LogP contribution in [-0.4, -0.2) is 41.7 Å². The number of nitrogens with two attached hydrogens (primary N) is 1. The highest BCUT2D eigenvalue weighted by Gasteiger charge is 2.20. The number of methoxy groups -OCH3 is 2. The van der Waals surface area contributed by atoms with Crippen LogP contribution >= 0.6 is 0 Å². The summed E-state index contributed by atoms with van der Waals surface area (Å²) in [6.07, 6.45) is 0.713. The number of nitrogen functional groups attached to an aromatic ring is 1. The molecule has 0 fully saturated rings. The number of anilines is 1. The van der Waals surface area contributed by atoms with Gasteiger partial charge in [-0.1, -0.05) is 35.5 Å². The van der Waals surface area contributed by atoms with E-state index in [2.05, 4.69) is 15.6 Å². The summed E-state index contributed by atoms with van der Waals surface area (Å²) in [4.78, 5) is 12.4. The van der Waals surface area contributed by atoms with Crippen LogP contribution in [-0.2, 0) is 6.42 Å². The maximum Gasteiger partial charge on any atom is 0.275 e. The average molecular weight is 367 g/mol. The fraction of sp³-hybridized carbons (Fsp3) is 0.211.